The molecule has 2 heterocycles. The fourth-order valence-electron chi connectivity index (χ4n) is 2.96. The Hall–Kier alpha value is -2.68. The number of aryl methyl sites for hydroxylation is 1. The van der Waals surface area contributed by atoms with Gasteiger partial charge in [0.05, 0.1) is 16.8 Å². The van der Waals surface area contributed by atoms with Crippen LogP contribution >= 0.6 is 11.6 Å². The lowest BCUT2D eigenvalue weighted by molar-refractivity contribution is 0.0718. The summed E-state index contributed by atoms with van der Waals surface area (Å²) in [7, 11) is -4.02. The van der Waals surface area contributed by atoms with Gasteiger partial charge in [-0.25, -0.2) is 4.98 Å². The van der Waals surface area contributed by atoms with E-state index in [-0.39, 0.29) is 16.8 Å². The number of halogens is 1. The summed E-state index contributed by atoms with van der Waals surface area (Å²) in [5, 5.41) is 0.532. The summed E-state index contributed by atoms with van der Waals surface area (Å²) < 4.78 is 37.1. The van der Waals surface area contributed by atoms with E-state index in [9.17, 15) is 13.2 Å². The van der Waals surface area contributed by atoms with Crippen LogP contribution < -0.4 is 4.74 Å². The SMILES string of the molecule is CC1Oc2ccc(Cl)cc2C(=O)C1n1ccnc1.Cc1ccc(S(=O)(=O)O)cc1. The van der Waals surface area contributed by atoms with Gasteiger partial charge in [-0.15, -0.1) is 0 Å². The predicted molar refractivity (Wildman–Crippen MR) is 108 cm³/mol. The van der Waals surface area contributed by atoms with E-state index in [1.54, 1.807) is 53.6 Å². The van der Waals surface area contributed by atoms with Gasteiger partial charge in [0.2, 0.25) is 0 Å². The third kappa shape index (κ3) is 4.84. The zero-order valence-electron chi connectivity index (χ0n) is 15.7. The number of hydrogen-bond acceptors (Lipinski definition) is 5. The molecule has 1 aliphatic rings. The third-order valence-corrected chi connectivity index (χ3v) is 5.50. The number of imidazole rings is 1. The molecule has 0 amide bonds. The maximum atomic E-state index is 12.5. The summed E-state index contributed by atoms with van der Waals surface area (Å²) in [6.07, 6.45) is 4.80. The van der Waals surface area contributed by atoms with Crippen LogP contribution in [0, 0.1) is 6.92 Å². The lowest BCUT2D eigenvalue weighted by atomic mass is 9.96. The second kappa shape index (κ2) is 8.36. The Kier molecular flexibility index (Phi) is 6.07. The van der Waals surface area contributed by atoms with Gasteiger partial charge in [-0.2, -0.15) is 8.42 Å². The van der Waals surface area contributed by atoms with E-state index in [4.69, 9.17) is 20.9 Å². The molecule has 7 nitrogen and oxygen atoms in total. The van der Waals surface area contributed by atoms with Crippen molar-refractivity contribution < 1.29 is 22.5 Å². The summed E-state index contributed by atoms with van der Waals surface area (Å²) in [6.45, 7) is 3.72. The summed E-state index contributed by atoms with van der Waals surface area (Å²) in [4.78, 5) is 16.4. The Morgan fingerprint density at radius 2 is 1.86 bits per heavy atom. The van der Waals surface area contributed by atoms with E-state index in [0.717, 1.165) is 5.56 Å². The van der Waals surface area contributed by atoms with E-state index in [2.05, 4.69) is 4.98 Å². The average molecular weight is 435 g/mol. The van der Waals surface area contributed by atoms with Crippen molar-refractivity contribution in [3.63, 3.8) is 0 Å². The summed E-state index contributed by atoms with van der Waals surface area (Å²) in [5.74, 6) is 0.595. The van der Waals surface area contributed by atoms with Crippen LogP contribution in [0.4, 0.5) is 0 Å². The molecule has 1 aliphatic heterocycles. The van der Waals surface area contributed by atoms with Crippen LogP contribution in [0.25, 0.3) is 0 Å². The average Bonchev–Trinajstić information content (AvgIpc) is 3.17. The molecule has 3 aromatic rings. The molecule has 2 unspecified atom stereocenters. The van der Waals surface area contributed by atoms with Crippen LogP contribution in [0.15, 0.2) is 66.1 Å². The molecule has 0 bridgehead atoms. The van der Waals surface area contributed by atoms with Gasteiger partial charge in [0.1, 0.15) is 17.9 Å². The van der Waals surface area contributed by atoms with E-state index in [0.29, 0.717) is 16.3 Å². The number of ketones is 1. The van der Waals surface area contributed by atoms with Crippen molar-refractivity contribution >= 4 is 27.5 Å². The van der Waals surface area contributed by atoms with Crippen molar-refractivity contribution in [3.05, 3.63) is 77.3 Å². The Bertz CT molecular complexity index is 1110. The second-order valence-corrected chi connectivity index (χ2v) is 8.43. The third-order valence-electron chi connectivity index (χ3n) is 4.40. The van der Waals surface area contributed by atoms with Gasteiger partial charge < -0.3 is 9.30 Å². The lowest BCUT2D eigenvalue weighted by Crippen LogP contribution is -2.37. The molecule has 0 saturated heterocycles. The number of fused-ring (bicyclic) bond motifs is 1. The number of Topliss-reactive ketones (excluding diaryl/α,β-unsaturated/α-hetero) is 1. The molecule has 29 heavy (non-hydrogen) atoms. The van der Waals surface area contributed by atoms with Crippen molar-refractivity contribution in [1.82, 2.24) is 9.55 Å². The molecule has 1 N–H and O–H groups in total. The second-order valence-electron chi connectivity index (χ2n) is 6.57. The molecule has 0 aliphatic carbocycles. The summed E-state index contributed by atoms with van der Waals surface area (Å²) in [5.41, 5.74) is 1.48. The standard InChI is InChI=1S/C13H11ClN2O2.C7H8O3S/c1-8-12(16-5-4-15-7-16)13(17)10-6-9(14)2-3-11(10)18-8;1-6-2-4-7(5-3-6)11(8,9)10/h2-8,12H,1H3;2-5H,1H3,(H,8,9,10). The highest BCUT2D eigenvalue weighted by Gasteiger charge is 2.35. The maximum absolute atomic E-state index is 12.5. The van der Waals surface area contributed by atoms with Crippen molar-refractivity contribution in [2.24, 2.45) is 0 Å². The Morgan fingerprint density at radius 1 is 1.17 bits per heavy atom. The number of carbonyl (C=O) groups excluding carboxylic acids is 1. The molecule has 4 rings (SSSR count). The van der Waals surface area contributed by atoms with Gasteiger partial charge in [0.25, 0.3) is 10.1 Å². The quantitative estimate of drug-likeness (QED) is 0.612. The number of nitrogens with zero attached hydrogens (tertiary/aromatic N) is 2. The fraction of sp³-hybridized carbons (Fsp3) is 0.200. The highest BCUT2D eigenvalue weighted by molar-refractivity contribution is 7.85. The Morgan fingerprint density at radius 3 is 2.45 bits per heavy atom. The van der Waals surface area contributed by atoms with Crippen molar-refractivity contribution in [1.29, 1.82) is 0 Å². The van der Waals surface area contributed by atoms with Gasteiger partial charge in [-0.3, -0.25) is 9.35 Å². The topological polar surface area (TPSA) is 98.5 Å². The highest BCUT2D eigenvalue weighted by Crippen LogP contribution is 2.34. The van der Waals surface area contributed by atoms with Crippen LogP contribution in [0.1, 0.15) is 28.9 Å². The minimum Gasteiger partial charge on any atom is -0.487 e. The van der Waals surface area contributed by atoms with Crippen LogP contribution in [-0.2, 0) is 10.1 Å². The smallest absolute Gasteiger partial charge is 0.294 e. The van der Waals surface area contributed by atoms with Gasteiger partial charge in [0, 0.05) is 17.4 Å². The molecule has 0 radical (unpaired) electrons. The molecule has 152 valence electrons. The molecule has 1 aromatic heterocycles. The molecule has 2 aromatic carbocycles. The van der Waals surface area contributed by atoms with E-state index in [1.165, 1.54) is 12.1 Å². The fourth-order valence-corrected chi connectivity index (χ4v) is 3.61. The number of ether oxygens (including phenoxy) is 1. The zero-order chi connectivity index (χ0) is 21.2. The molecule has 2 atom stereocenters. The minimum absolute atomic E-state index is 0.00394. The summed E-state index contributed by atoms with van der Waals surface area (Å²) in [6, 6.07) is 10.7. The van der Waals surface area contributed by atoms with Crippen LogP contribution in [0.5, 0.6) is 5.75 Å². The first-order valence-electron chi connectivity index (χ1n) is 8.69. The maximum Gasteiger partial charge on any atom is 0.294 e. The number of aromatic nitrogens is 2. The van der Waals surface area contributed by atoms with Crippen LogP contribution in [0.3, 0.4) is 0 Å². The van der Waals surface area contributed by atoms with Gasteiger partial charge >= 0.3 is 0 Å². The highest BCUT2D eigenvalue weighted by atomic mass is 35.5. The van der Waals surface area contributed by atoms with E-state index < -0.39 is 16.2 Å². The van der Waals surface area contributed by atoms with Gasteiger partial charge in [-0.1, -0.05) is 29.3 Å². The van der Waals surface area contributed by atoms with Crippen molar-refractivity contribution in [2.45, 2.75) is 30.9 Å². The Labute approximate surface area is 173 Å². The first-order chi connectivity index (χ1) is 13.7. The molecular weight excluding hydrogens is 416 g/mol. The lowest BCUT2D eigenvalue weighted by Gasteiger charge is -2.30. The molecule has 0 spiro atoms. The Balaban J connectivity index is 0.000000188. The number of hydrogen-bond donors (Lipinski definition) is 1. The predicted octanol–water partition coefficient (Wildman–Crippen LogP) is 3.98. The number of rotatable bonds is 2. The zero-order valence-corrected chi connectivity index (χ0v) is 17.3. The summed E-state index contributed by atoms with van der Waals surface area (Å²) >= 11 is 5.92. The van der Waals surface area contributed by atoms with E-state index in [1.807, 2.05) is 13.8 Å². The normalized spacial score (nSPS) is 18.3. The first-order valence-corrected chi connectivity index (χ1v) is 10.5. The molecular formula is C20H19ClN2O5S. The van der Waals surface area contributed by atoms with E-state index >= 15 is 0 Å². The first kappa shape index (κ1) is 21.0. The van der Waals surface area contributed by atoms with Crippen molar-refractivity contribution in [2.75, 3.05) is 0 Å². The van der Waals surface area contributed by atoms with Gasteiger partial charge in [-0.05, 0) is 44.2 Å². The number of carbonyl (C=O) groups is 1. The molecule has 9 heteroatoms. The minimum atomic E-state index is -4.02. The monoisotopic (exact) mass is 434 g/mol. The van der Waals surface area contributed by atoms with Crippen LogP contribution in [0.2, 0.25) is 5.02 Å². The number of benzene rings is 2. The van der Waals surface area contributed by atoms with Gasteiger partial charge in [0.15, 0.2) is 5.78 Å². The van der Waals surface area contributed by atoms with Crippen molar-refractivity contribution in [3.8, 4) is 5.75 Å². The molecule has 0 fully saturated rings. The van der Waals surface area contributed by atoms with Crippen LogP contribution in [-0.4, -0.2) is 34.4 Å². The largest absolute Gasteiger partial charge is 0.487 e. The molecule has 0 saturated carbocycles.